The third-order valence-corrected chi connectivity index (χ3v) is 7.94. The lowest BCUT2D eigenvalue weighted by molar-refractivity contribution is 0.198. The Morgan fingerprint density at radius 3 is 2.62 bits per heavy atom. The summed E-state index contributed by atoms with van der Waals surface area (Å²) in [4.78, 5) is 2.29. The number of halogens is 2. The number of hydrogen-bond acceptors (Lipinski definition) is 3. The molecule has 0 unspecified atom stereocenters. The molecular weight excluding hydrogens is 483 g/mol. The molecule has 1 atom stereocenters. The molecule has 0 spiro atoms. The molecule has 0 saturated carbocycles. The van der Waals surface area contributed by atoms with E-state index in [9.17, 15) is 4.39 Å². The first-order valence-corrected chi connectivity index (χ1v) is 13.8. The van der Waals surface area contributed by atoms with Crippen LogP contribution in [-0.2, 0) is 12.8 Å². The van der Waals surface area contributed by atoms with Crippen molar-refractivity contribution in [3.05, 3.63) is 93.5 Å². The van der Waals surface area contributed by atoms with Crippen molar-refractivity contribution >= 4 is 28.4 Å². The van der Waals surface area contributed by atoms with Crippen LogP contribution in [0.5, 0.6) is 5.75 Å². The molecule has 1 aliphatic heterocycles. The Labute approximate surface area is 225 Å². The van der Waals surface area contributed by atoms with E-state index in [2.05, 4.69) is 66.4 Å². The largest absolute Gasteiger partial charge is 0.489 e. The molecule has 37 heavy (non-hydrogen) atoms. The average molecular weight is 519 g/mol. The number of ether oxygens (including phenoxy) is 1. The number of benzene rings is 3. The number of anilines is 1. The Balaban J connectivity index is 1.45. The van der Waals surface area contributed by atoms with Crippen molar-refractivity contribution in [2.45, 2.75) is 51.6 Å². The zero-order chi connectivity index (χ0) is 25.8. The summed E-state index contributed by atoms with van der Waals surface area (Å²) in [6.45, 7) is 4.46. The van der Waals surface area contributed by atoms with Gasteiger partial charge in [-0.1, -0.05) is 41.9 Å². The summed E-state index contributed by atoms with van der Waals surface area (Å²) in [5.41, 5.74) is 15.7. The van der Waals surface area contributed by atoms with Crippen molar-refractivity contribution in [1.29, 1.82) is 0 Å². The minimum absolute atomic E-state index is 0.158. The number of nitrogens with zero attached hydrogens (tertiary/aromatic N) is 1. The highest BCUT2D eigenvalue weighted by atomic mass is 35.5. The number of aryl methyl sites for hydroxylation is 2. The van der Waals surface area contributed by atoms with Crippen LogP contribution in [-0.4, -0.2) is 37.3 Å². The van der Waals surface area contributed by atoms with Gasteiger partial charge in [-0.25, -0.2) is 0 Å². The van der Waals surface area contributed by atoms with E-state index in [0.29, 0.717) is 6.42 Å². The molecule has 0 amide bonds. The maximum atomic E-state index is 12.5. The second kappa shape index (κ2) is 11.7. The number of nitrogen functional groups attached to an aromatic ring is 1. The van der Waals surface area contributed by atoms with Gasteiger partial charge in [0, 0.05) is 30.3 Å². The average Bonchev–Trinajstić information content (AvgIpc) is 3.32. The minimum atomic E-state index is -0.257. The van der Waals surface area contributed by atoms with Crippen molar-refractivity contribution in [3.63, 3.8) is 0 Å². The molecule has 0 bridgehead atoms. The quantitative estimate of drug-likeness (QED) is 0.328. The topological polar surface area (TPSA) is 38.5 Å². The number of alkyl halides is 1. The normalized spacial score (nSPS) is 20.4. The van der Waals surface area contributed by atoms with E-state index in [-0.39, 0.29) is 12.8 Å². The first-order valence-electron chi connectivity index (χ1n) is 13.4. The highest BCUT2D eigenvalue weighted by molar-refractivity contribution is 6.32. The van der Waals surface area contributed by atoms with Crippen LogP contribution in [0, 0.1) is 6.92 Å². The summed E-state index contributed by atoms with van der Waals surface area (Å²) in [5.74, 6) is 0.885. The van der Waals surface area contributed by atoms with Crippen molar-refractivity contribution in [2.24, 2.45) is 0 Å². The first kappa shape index (κ1) is 25.8. The fourth-order valence-electron chi connectivity index (χ4n) is 5.70. The van der Waals surface area contributed by atoms with Crippen LogP contribution in [0.4, 0.5) is 10.1 Å². The Morgan fingerprint density at radius 1 is 1.00 bits per heavy atom. The Hall–Kier alpha value is -2.82. The lowest BCUT2D eigenvalue weighted by Gasteiger charge is -2.23. The smallest absolute Gasteiger partial charge is 0.119 e. The van der Waals surface area contributed by atoms with Crippen LogP contribution >= 0.6 is 11.6 Å². The zero-order valence-electron chi connectivity index (χ0n) is 21.6. The molecule has 2 aliphatic rings. The molecule has 3 aromatic carbocycles. The molecule has 3 nitrogen and oxygen atoms in total. The molecule has 0 aromatic heterocycles. The number of nitrogens with two attached hydrogens (primary N) is 1. The van der Waals surface area contributed by atoms with Gasteiger partial charge in [0.1, 0.15) is 11.9 Å². The van der Waals surface area contributed by atoms with Gasteiger partial charge in [0.2, 0.25) is 0 Å². The van der Waals surface area contributed by atoms with E-state index >= 15 is 0 Å². The summed E-state index contributed by atoms with van der Waals surface area (Å²) in [7, 11) is 0. The Kier molecular flexibility index (Phi) is 8.17. The monoisotopic (exact) mass is 518 g/mol. The summed E-state index contributed by atoms with van der Waals surface area (Å²) in [6.07, 6.45) is 5.58. The number of likely N-dealkylation sites (tertiary alicyclic amines) is 1. The van der Waals surface area contributed by atoms with Gasteiger partial charge in [-0.3, -0.25) is 9.29 Å². The van der Waals surface area contributed by atoms with Crippen molar-refractivity contribution in [3.8, 4) is 5.75 Å². The molecule has 5 rings (SSSR count). The van der Waals surface area contributed by atoms with Gasteiger partial charge in [-0.05, 0) is 115 Å². The third-order valence-electron chi connectivity index (χ3n) is 7.63. The fourth-order valence-corrected chi connectivity index (χ4v) is 6.05. The summed E-state index contributed by atoms with van der Waals surface area (Å²) < 4.78 is 18.8. The third kappa shape index (κ3) is 6.19. The van der Waals surface area contributed by atoms with Gasteiger partial charge in [0.25, 0.3) is 0 Å². The van der Waals surface area contributed by atoms with Gasteiger partial charge < -0.3 is 10.5 Å². The standard InChI is InChI=1S/C32H36ClFN2O/c1-22-6-13-30(32(33)18-22)29-5-2-4-24-19-26(35)10-7-25(24)20-31(29)23-8-11-27(12-9-23)37-28-14-17-36(21-28)16-3-15-34/h6-13,18-19,28H,2-5,14-17,20-21,35H2,1H3/b31-29-/t28-/m0/s1. The molecular formula is C32H36ClFN2O. The molecule has 0 radical (unpaired) electrons. The Morgan fingerprint density at radius 2 is 1.84 bits per heavy atom. The van der Waals surface area contributed by atoms with E-state index in [0.717, 1.165) is 73.8 Å². The van der Waals surface area contributed by atoms with Crippen LogP contribution in [0.25, 0.3) is 11.1 Å². The molecule has 5 heteroatoms. The number of allylic oxidation sites excluding steroid dienone is 2. The molecule has 3 aromatic rings. The van der Waals surface area contributed by atoms with E-state index < -0.39 is 0 Å². The van der Waals surface area contributed by atoms with Gasteiger partial charge in [0.15, 0.2) is 0 Å². The number of hydrogen-bond donors (Lipinski definition) is 1. The number of rotatable bonds is 7. The SMILES string of the molecule is Cc1ccc(/C2=C(\c3ccc(O[C@H]4CCN(CCCF)C4)cc3)Cc3ccc(N)cc3CCC2)c(Cl)c1. The van der Waals surface area contributed by atoms with Gasteiger partial charge in [0.05, 0.1) is 6.67 Å². The summed E-state index contributed by atoms with van der Waals surface area (Å²) in [5, 5.41) is 0.809. The maximum absolute atomic E-state index is 12.5. The van der Waals surface area contributed by atoms with Crippen molar-refractivity contribution in [2.75, 3.05) is 32.0 Å². The van der Waals surface area contributed by atoms with Crippen LogP contribution < -0.4 is 10.5 Å². The van der Waals surface area contributed by atoms with Crippen LogP contribution in [0.1, 0.15) is 53.5 Å². The van der Waals surface area contributed by atoms with Crippen LogP contribution in [0.15, 0.2) is 60.7 Å². The maximum Gasteiger partial charge on any atom is 0.119 e. The lowest BCUT2D eigenvalue weighted by Crippen LogP contribution is -2.26. The predicted octanol–water partition coefficient (Wildman–Crippen LogP) is 7.53. The second-order valence-electron chi connectivity index (χ2n) is 10.4. The highest BCUT2D eigenvalue weighted by Gasteiger charge is 2.24. The van der Waals surface area contributed by atoms with Crippen molar-refractivity contribution in [1.82, 2.24) is 4.90 Å². The second-order valence-corrected chi connectivity index (χ2v) is 10.8. The molecule has 1 aliphatic carbocycles. The van der Waals surface area contributed by atoms with Crippen molar-refractivity contribution < 1.29 is 9.13 Å². The zero-order valence-corrected chi connectivity index (χ0v) is 22.4. The number of fused-ring (bicyclic) bond motifs is 1. The lowest BCUT2D eigenvalue weighted by atomic mass is 9.83. The molecule has 2 N–H and O–H groups in total. The minimum Gasteiger partial charge on any atom is -0.489 e. The summed E-state index contributed by atoms with van der Waals surface area (Å²) in [6, 6.07) is 21.2. The molecule has 194 valence electrons. The van der Waals surface area contributed by atoms with Crippen LogP contribution in [0.2, 0.25) is 5.02 Å². The highest BCUT2D eigenvalue weighted by Crippen LogP contribution is 2.39. The predicted molar refractivity (Wildman–Crippen MR) is 153 cm³/mol. The van der Waals surface area contributed by atoms with Gasteiger partial charge >= 0.3 is 0 Å². The first-order chi connectivity index (χ1) is 18.0. The van der Waals surface area contributed by atoms with E-state index in [1.165, 1.54) is 33.4 Å². The van der Waals surface area contributed by atoms with E-state index in [1.54, 1.807) is 0 Å². The van der Waals surface area contributed by atoms with Gasteiger partial charge in [-0.2, -0.15) is 0 Å². The summed E-state index contributed by atoms with van der Waals surface area (Å²) >= 11 is 6.80. The Bertz CT molecular complexity index is 1270. The van der Waals surface area contributed by atoms with Crippen LogP contribution in [0.3, 0.4) is 0 Å². The fraction of sp³-hybridized carbons (Fsp3) is 0.375. The molecule has 1 heterocycles. The van der Waals surface area contributed by atoms with E-state index in [1.807, 2.05) is 6.07 Å². The van der Waals surface area contributed by atoms with Gasteiger partial charge in [-0.15, -0.1) is 0 Å². The molecule has 1 fully saturated rings. The molecule has 1 saturated heterocycles. The van der Waals surface area contributed by atoms with E-state index in [4.69, 9.17) is 22.1 Å².